The maximum atomic E-state index is 13.2. The van der Waals surface area contributed by atoms with Gasteiger partial charge in [-0.1, -0.05) is 0 Å². The van der Waals surface area contributed by atoms with E-state index in [4.69, 9.17) is 28.8 Å². The van der Waals surface area contributed by atoms with Gasteiger partial charge in [-0.05, 0) is 12.8 Å². The molecule has 7 atom stereocenters. The number of nitrogen functional groups attached to an aromatic ring is 1. The molecule has 5 N–H and O–H groups in total. The number of hydrogen-bond donors (Lipinski definition) is 4. The molecule has 0 saturated carbocycles. The molecule has 2 saturated heterocycles. The average molecular weight is 681 g/mol. The predicted molar refractivity (Wildman–Crippen MR) is 153 cm³/mol. The molecular weight excluding hydrogens is 656 g/mol. The van der Waals surface area contributed by atoms with Crippen LogP contribution < -0.4 is 11.3 Å². The van der Waals surface area contributed by atoms with Crippen LogP contribution in [0.25, 0.3) is 28.1 Å². The van der Waals surface area contributed by atoms with Gasteiger partial charge in [0.15, 0.2) is 28.9 Å². The molecule has 2 aliphatic rings. The smallest absolute Gasteiger partial charge is 0.382 e. The quantitative estimate of drug-likeness (QED) is 0.112. The predicted octanol–water partition coefficient (Wildman–Crippen LogP) is 1.15. The molecule has 22 nitrogen and oxygen atoms in total. The lowest BCUT2D eigenvalue weighted by atomic mass is 10.2. The molecule has 2 fully saturated rings. The van der Waals surface area contributed by atoms with E-state index in [1.54, 1.807) is 10.8 Å². The SMILES string of the molecule is Nc1ncnc2c1ncn2[C@H]1CC[C@@H](COP(=O)(O)O[C@@H]2C[C@@H](COP(=O)(O)N=O)O[C@H]2n2cnc3c(=O)[nH]c4nccn4c32)O1. The van der Waals surface area contributed by atoms with Crippen molar-refractivity contribution in [3.05, 3.63) is 46.6 Å². The standard InChI is InChI=1S/C22H25N11O11P2/c23-17-15-18(26-8-25-17)32(9-27-15)14-2-1-11(42-14)6-41-46(38,39)44-13-5-12(7-40-45(36,37)30-35)43-21(13)33-10-28-16-19(34)29-22-24-3-4-31(22)20(16)33/h3-4,8-14,21H,1-2,5-7H2,(H,36,37)(H,38,39)(H2,23,25,26)(H,24,29,34)/t11-,12-,13+,14+,21+/m0/s1. The molecule has 0 bridgehead atoms. The number of nitrogens with zero attached hydrogens (tertiary/aromatic N) is 9. The summed E-state index contributed by atoms with van der Waals surface area (Å²) in [6.45, 7) is -0.895. The molecule has 0 radical (unpaired) electrons. The van der Waals surface area contributed by atoms with Crippen molar-refractivity contribution in [3.63, 3.8) is 0 Å². The second-order valence-electron chi connectivity index (χ2n) is 10.4. The summed E-state index contributed by atoms with van der Waals surface area (Å²) in [5.74, 6) is 0.414. The average Bonchev–Trinajstić information content (AvgIpc) is 3.84. The second-order valence-corrected chi connectivity index (χ2v) is 13.2. The number of nitrogens with two attached hydrogens (primary N) is 1. The van der Waals surface area contributed by atoms with Crippen LogP contribution >= 0.6 is 15.6 Å². The van der Waals surface area contributed by atoms with Crippen LogP contribution in [0.15, 0.2) is 41.1 Å². The number of hydrogen-bond acceptors (Lipinski definition) is 15. The highest BCUT2D eigenvalue weighted by Gasteiger charge is 2.44. The van der Waals surface area contributed by atoms with Crippen molar-refractivity contribution in [2.75, 3.05) is 18.9 Å². The first-order valence-electron chi connectivity index (χ1n) is 13.7. The van der Waals surface area contributed by atoms with Crippen LogP contribution in [0.2, 0.25) is 0 Å². The van der Waals surface area contributed by atoms with Crippen LogP contribution in [0.5, 0.6) is 0 Å². The van der Waals surface area contributed by atoms with E-state index in [0.717, 1.165) is 0 Å². The van der Waals surface area contributed by atoms with Crippen molar-refractivity contribution in [1.29, 1.82) is 0 Å². The lowest BCUT2D eigenvalue weighted by Gasteiger charge is -2.23. The number of ether oxygens (including phenoxy) is 2. The first-order valence-corrected chi connectivity index (χ1v) is 16.7. The minimum absolute atomic E-state index is 0.00810. The highest BCUT2D eigenvalue weighted by molar-refractivity contribution is 7.51. The van der Waals surface area contributed by atoms with Crippen LogP contribution in [0.4, 0.5) is 5.82 Å². The summed E-state index contributed by atoms with van der Waals surface area (Å²) in [6.07, 6.45) is 3.40. The van der Waals surface area contributed by atoms with Crippen molar-refractivity contribution >= 4 is 49.5 Å². The Balaban J connectivity index is 1.08. The van der Waals surface area contributed by atoms with Crippen LogP contribution in [-0.2, 0) is 32.2 Å². The van der Waals surface area contributed by atoms with Gasteiger partial charge in [0.1, 0.15) is 24.2 Å². The fraction of sp³-hybridized carbons (Fsp3) is 0.455. The Morgan fingerprint density at radius 2 is 1.80 bits per heavy atom. The molecule has 5 aromatic rings. The van der Waals surface area contributed by atoms with Gasteiger partial charge in [-0.15, -0.1) is 4.91 Å². The Hall–Kier alpha value is -3.98. The zero-order valence-corrected chi connectivity index (χ0v) is 25.2. The number of fused-ring (bicyclic) bond motifs is 4. The van der Waals surface area contributed by atoms with E-state index in [9.17, 15) is 28.6 Å². The number of imidazole rings is 3. The lowest BCUT2D eigenvalue weighted by Crippen LogP contribution is -2.24. The number of rotatable bonds is 11. The minimum atomic E-state index is -4.80. The van der Waals surface area contributed by atoms with Gasteiger partial charge in [-0.25, -0.2) is 34.0 Å². The summed E-state index contributed by atoms with van der Waals surface area (Å²) in [5, 5.41) is 0. The summed E-state index contributed by atoms with van der Waals surface area (Å²) in [7, 11) is -9.59. The molecule has 5 aromatic heterocycles. The Morgan fingerprint density at radius 3 is 2.63 bits per heavy atom. The fourth-order valence-corrected chi connectivity index (χ4v) is 6.86. The van der Waals surface area contributed by atoms with Gasteiger partial charge in [0.2, 0.25) is 5.78 Å². The normalized spacial score (nSPS) is 26.2. The second kappa shape index (κ2) is 11.7. The van der Waals surface area contributed by atoms with E-state index in [-0.39, 0.29) is 35.8 Å². The molecular formula is C22H25N11O11P2. The number of nitrogens with one attached hydrogen (secondary N) is 1. The molecule has 0 amide bonds. The molecule has 2 aliphatic heterocycles. The number of H-pyrrole nitrogens is 1. The molecule has 244 valence electrons. The zero-order chi connectivity index (χ0) is 32.2. The molecule has 0 aliphatic carbocycles. The summed E-state index contributed by atoms with van der Waals surface area (Å²) >= 11 is 0. The summed E-state index contributed by atoms with van der Waals surface area (Å²) < 4.78 is 57.0. The number of nitroso groups, excluding NO2 is 1. The molecule has 24 heteroatoms. The number of aromatic amines is 1. The topological polar surface area (TPSA) is 288 Å². The molecule has 2 unspecified atom stereocenters. The van der Waals surface area contributed by atoms with Gasteiger partial charge in [-0.2, -0.15) is 0 Å². The van der Waals surface area contributed by atoms with Gasteiger partial charge >= 0.3 is 15.6 Å². The van der Waals surface area contributed by atoms with Crippen molar-refractivity contribution in [2.24, 2.45) is 4.95 Å². The summed E-state index contributed by atoms with van der Waals surface area (Å²) in [6, 6.07) is 0. The van der Waals surface area contributed by atoms with Gasteiger partial charge in [-0.3, -0.25) is 36.9 Å². The van der Waals surface area contributed by atoms with Crippen molar-refractivity contribution in [2.45, 2.75) is 50.0 Å². The van der Waals surface area contributed by atoms with Crippen LogP contribution in [0, 0.1) is 4.91 Å². The molecule has 7 heterocycles. The number of aromatic nitrogens is 9. The fourth-order valence-electron chi connectivity index (χ4n) is 5.51. The lowest BCUT2D eigenvalue weighted by molar-refractivity contribution is -0.0520. The van der Waals surface area contributed by atoms with Gasteiger partial charge in [0.05, 0.1) is 38.1 Å². The third-order valence-corrected chi connectivity index (χ3v) is 9.21. The van der Waals surface area contributed by atoms with Crippen LogP contribution in [-0.4, -0.2) is 84.8 Å². The Labute approximate surface area is 255 Å². The Bertz CT molecular complexity index is 2100. The third kappa shape index (κ3) is 5.74. The van der Waals surface area contributed by atoms with Gasteiger partial charge in [0, 0.05) is 23.8 Å². The molecule has 46 heavy (non-hydrogen) atoms. The monoisotopic (exact) mass is 681 g/mol. The van der Waals surface area contributed by atoms with Crippen molar-refractivity contribution in [1.82, 2.24) is 43.4 Å². The van der Waals surface area contributed by atoms with Crippen LogP contribution in [0.3, 0.4) is 0 Å². The number of phosphoric acid groups is 1. The molecule has 0 aromatic carbocycles. The summed E-state index contributed by atoms with van der Waals surface area (Å²) in [4.78, 5) is 68.7. The van der Waals surface area contributed by atoms with E-state index in [2.05, 4.69) is 34.9 Å². The first kappa shape index (κ1) is 30.7. The molecule has 7 rings (SSSR count). The van der Waals surface area contributed by atoms with Crippen molar-refractivity contribution in [3.8, 4) is 0 Å². The van der Waals surface area contributed by atoms with Gasteiger partial charge in [0.25, 0.3) is 5.56 Å². The minimum Gasteiger partial charge on any atom is -0.382 e. The maximum absolute atomic E-state index is 13.2. The zero-order valence-electron chi connectivity index (χ0n) is 23.4. The Morgan fingerprint density at radius 1 is 1.02 bits per heavy atom. The highest BCUT2D eigenvalue weighted by Crippen LogP contribution is 2.51. The largest absolute Gasteiger partial charge is 0.487 e. The number of anilines is 1. The Kier molecular flexibility index (Phi) is 7.78. The van der Waals surface area contributed by atoms with E-state index in [1.807, 2.05) is 0 Å². The van der Waals surface area contributed by atoms with E-state index in [1.165, 1.54) is 34.1 Å². The van der Waals surface area contributed by atoms with Gasteiger partial charge < -0.3 is 25.0 Å². The highest BCUT2D eigenvalue weighted by atomic mass is 31.2. The molecule has 0 spiro atoms. The van der Waals surface area contributed by atoms with E-state index in [0.29, 0.717) is 24.0 Å². The third-order valence-electron chi connectivity index (χ3n) is 7.50. The number of phosphoric ester groups is 1. The van der Waals surface area contributed by atoms with E-state index >= 15 is 0 Å². The first-order chi connectivity index (χ1) is 22.0. The van der Waals surface area contributed by atoms with E-state index < -0.39 is 58.5 Å². The maximum Gasteiger partial charge on any atom is 0.487 e. The summed E-state index contributed by atoms with van der Waals surface area (Å²) in [5.41, 5.74) is 6.44. The van der Waals surface area contributed by atoms with Crippen molar-refractivity contribution < 1.29 is 42.0 Å². The van der Waals surface area contributed by atoms with Crippen LogP contribution in [0.1, 0.15) is 31.7 Å².